The molecule has 0 radical (unpaired) electrons. The fraction of sp³-hybridized carbons (Fsp3) is 0.179. The van der Waals surface area contributed by atoms with Gasteiger partial charge in [0.25, 0.3) is 5.91 Å². The Morgan fingerprint density at radius 1 is 1.03 bits per heavy atom. The molecule has 2 heterocycles. The number of aromatic nitrogens is 2. The molecule has 0 unspecified atom stereocenters. The standard InChI is InChI=1S/C28H24F2N4O5/c1-4-10-37-23-5-7-32-16-19(23)28(35)34-17-12-20(29)27(21(30)13-17)39-24-6-8-33-22-15-26(38-11-9-31-2)25(36-3)14-18(22)24/h1,5-8,12-16,31H,9-11H2,2-3H3,(H,34,35). The third-order valence-electron chi connectivity index (χ3n) is 5.40. The van der Waals surface area contributed by atoms with E-state index in [9.17, 15) is 4.79 Å². The Hall–Kier alpha value is -4.95. The van der Waals surface area contributed by atoms with Crippen molar-refractivity contribution in [3.63, 3.8) is 0 Å². The maximum Gasteiger partial charge on any atom is 0.261 e. The van der Waals surface area contributed by atoms with Gasteiger partial charge in [-0.1, -0.05) is 5.92 Å². The number of amides is 1. The van der Waals surface area contributed by atoms with Crippen LogP contribution in [0.1, 0.15) is 10.4 Å². The molecule has 0 atom stereocenters. The van der Waals surface area contributed by atoms with Crippen LogP contribution in [0.3, 0.4) is 0 Å². The molecule has 2 aromatic carbocycles. The van der Waals surface area contributed by atoms with Crippen LogP contribution in [0.15, 0.2) is 55.0 Å². The second kappa shape index (κ2) is 12.5. The SMILES string of the molecule is C#CCOc1ccncc1C(=O)Nc1cc(F)c(Oc2ccnc3cc(OCCNC)c(OC)cc23)c(F)c1. The lowest BCUT2D eigenvalue weighted by atomic mass is 10.1. The van der Waals surface area contributed by atoms with Gasteiger partial charge in [0.1, 0.15) is 30.3 Å². The van der Waals surface area contributed by atoms with Crippen molar-refractivity contribution in [1.82, 2.24) is 15.3 Å². The molecule has 0 saturated carbocycles. The van der Waals surface area contributed by atoms with Gasteiger partial charge in [0.15, 0.2) is 28.9 Å². The molecule has 200 valence electrons. The normalized spacial score (nSPS) is 10.5. The number of terminal acetylenes is 1. The van der Waals surface area contributed by atoms with E-state index in [1.54, 1.807) is 19.2 Å². The van der Waals surface area contributed by atoms with Gasteiger partial charge in [0, 0.05) is 54.4 Å². The minimum atomic E-state index is -1.04. The van der Waals surface area contributed by atoms with Crippen molar-refractivity contribution in [3.8, 4) is 41.1 Å². The summed E-state index contributed by atoms with van der Waals surface area (Å²) in [6, 6.07) is 8.07. The molecule has 0 saturated heterocycles. The number of ether oxygens (including phenoxy) is 4. The zero-order valence-corrected chi connectivity index (χ0v) is 21.1. The van der Waals surface area contributed by atoms with Gasteiger partial charge in [-0.15, -0.1) is 6.42 Å². The minimum absolute atomic E-state index is 0.0420. The number of nitrogens with one attached hydrogen (secondary N) is 2. The molecular formula is C28H24F2N4O5. The number of halogens is 2. The van der Waals surface area contributed by atoms with Crippen LogP contribution in [-0.4, -0.2) is 49.8 Å². The first-order valence-electron chi connectivity index (χ1n) is 11.7. The van der Waals surface area contributed by atoms with E-state index in [0.717, 1.165) is 12.1 Å². The first kappa shape index (κ1) is 27.1. The molecule has 39 heavy (non-hydrogen) atoms. The van der Waals surface area contributed by atoms with E-state index in [-0.39, 0.29) is 29.4 Å². The summed E-state index contributed by atoms with van der Waals surface area (Å²) < 4.78 is 52.2. The van der Waals surface area contributed by atoms with Crippen molar-refractivity contribution in [2.24, 2.45) is 0 Å². The lowest BCUT2D eigenvalue weighted by molar-refractivity contribution is 0.102. The molecule has 11 heteroatoms. The zero-order valence-electron chi connectivity index (χ0n) is 21.1. The largest absolute Gasteiger partial charge is 0.493 e. The average Bonchev–Trinajstić information content (AvgIpc) is 2.93. The quantitative estimate of drug-likeness (QED) is 0.213. The van der Waals surface area contributed by atoms with Gasteiger partial charge in [-0.3, -0.25) is 14.8 Å². The lowest BCUT2D eigenvalue weighted by Crippen LogP contribution is -2.16. The topological polar surface area (TPSA) is 104 Å². The monoisotopic (exact) mass is 534 g/mol. The highest BCUT2D eigenvalue weighted by molar-refractivity contribution is 6.06. The van der Waals surface area contributed by atoms with E-state index in [2.05, 4.69) is 26.5 Å². The second-order valence-corrected chi connectivity index (χ2v) is 7.97. The van der Waals surface area contributed by atoms with Crippen molar-refractivity contribution >= 4 is 22.5 Å². The van der Waals surface area contributed by atoms with Crippen LogP contribution < -0.4 is 29.6 Å². The lowest BCUT2D eigenvalue weighted by Gasteiger charge is -2.15. The van der Waals surface area contributed by atoms with Crippen LogP contribution in [0.2, 0.25) is 0 Å². The van der Waals surface area contributed by atoms with Crippen molar-refractivity contribution < 1.29 is 32.5 Å². The number of pyridine rings is 2. The molecule has 0 aliphatic heterocycles. The average molecular weight is 535 g/mol. The van der Waals surface area contributed by atoms with Gasteiger partial charge >= 0.3 is 0 Å². The number of carbonyl (C=O) groups excluding carboxylic acids is 1. The smallest absolute Gasteiger partial charge is 0.261 e. The number of methoxy groups -OCH3 is 1. The highest BCUT2D eigenvalue weighted by Gasteiger charge is 2.19. The van der Waals surface area contributed by atoms with E-state index in [1.807, 2.05) is 0 Å². The Balaban J connectivity index is 1.59. The van der Waals surface area contributed by atoms with Crippen LogP contribution in [0, 0.1) is 24.0 Å². The zero-order chi connectivity index (χ0) is 27.8. The van der Waals surface area contributed by atoms with Crippen molar-refractivity contribution in [3.05, 3.63) is 72.2 Å². The molecule has 0 aliphatic rings. The molecule has 0 spiro atoms. The number of carbonyl (C=O) groups is 1. The van der Waals surface area contributed by atoms with Crippen LogP contribution in [0.25, 0.3) is 10.9 Å². The maximum absolute atomic E-state index is 15.0. The number of rotatable bonds is 11. The van der Waals surface area contributed by atoms with E-state index in [1.165, 1.54) is 37.8 Å². The van der Waals surface area contributed by atoms with Gasteiger partial charge < -0.3 is 29.6 Å². The molecule has 0 aliphatic carbocycles. The molecule has 0 fully saturated rings. The van der Waals surface area contributed by atoms with Crippen molar-refractivity contribution in [2.45, 2.75) is 0 Å². The Labute approximate surface area is 223 Å². The Kier molecular flexibility index (Phi) is 8.71. The predicted octanol–water partition coefficient (Wildman–Crippen LogP) is 4.57. The Morgan fingerprint density at radius 3 is 2.51 bits per heavy atom. The van der Waals surface area contributed by atoms with Gasteiger partial charge in [0.05, 0.1) is 12.6 Å². The Bertz CT molecular complexity index is 1520. The summed E-state index contributed by atoms with van der Waals surface area (Å²) in [6.45, 7) is 0.948. The number of likely N-dealkylation sites (N-methyl/N-ethyl adjacent to an activating group) is 1. The molecule has 4 aromatic rings. The number of hydrogen-bond donors (Lipinski definition) is 2. The van der Waals surface area contributed by atoms with Crippen molar-refractivity contribution in [1.29, 1.82) is 0 Å². The number of benzene rings is 2. The fourth-order valence-electron chi connectivity index (χ4n) is 3.59. The number of fused-ring (bicyclic) bond motifs is 1. The molecule has 4 rings (SSSR count). The molecule has 9 nitrogen and oxygen atoms in total. The summed E-state index contributed by atoms with van der Waals surface area (Å²) in [7, 11) is 3.28. The van der Waals surface area contributed by atoms with Gasteiger partial charge in [-0.2, -0.15) is 0 Å². The van der Waals surface area contributed by atoms with E-state index < -0.39 is 23.3 Å². The molecule has 2 N–H and O–H groups in total. The number of anilines is 1. The summed E-state index contributed by atoms with van der Waals surface area (Å²) >= 11 is 0. The molecule has 1 amide bonds. The minimum Gasteiger partial charge on any atom is -0.493 e. The Morgan fingerprint density at radius 2 is 1.79 bits per heavy atom. The summed E-state index contributed by atoms with van der Waals surface area (Å²) in [5, 5.41) is 5.86. The summed E-state index contributed by atoms with van der Waals surface area (Å²) in [6.07, 6.45) is 9.32. The molecule has 2 aromatic heterocycles. The maximum atomic E-state index is 15.0. The van der Waals surface area contributed by atoms with Crippen LogP contribution in [0.4, 0.5) is 14.5 Å². The van der Waals surface area contributed by atoms with Gasteiger partial charge in [-0.05, 0) is 25.2 Å². The van der Waals surface area contributed by atoms with Crippen molar-refractivity contribution in [2.75, 3.05) is 39.2 Å². The van der Waals surface area contributed by atoms with E-state index in [0.29, 0.717) is 35.6 Å². The predicted molar refractivity (Wildman–Crippen MR) is 141 cm³/mol. The molecule has 0 bridgehead atoms. The van der Waals surface area contributed by atoms with Crippen LogP contribution >= 0.6 is 0 Å². The first-order valence-corrected chi connectivity index (χ1v) is 11.7. The van der Waals surface area contributed by atoms with E-state index in [4.69, 9.17) is 25.4 Å². The highest BCUT2D eigenvalue weighted by Crippen LogP contribution is 2.38. The summed E-state index contributed by atoms with van der Waals surface area (Å²) in [5.74, 6) is 0.0482. The number of nitrogens with zero attached hydrogens (tertiary/aromatic N) is 2. The van der Waals surface area contributed by atoms with Crippen LogP contribution in [-0.2, 0) is 0 Å². The summed E-state index contributed by atoms with van der Waals surface area (Å²) in [5.41, 5.74) is 0.371. The second-order valence-electron chi connectivity index (χ2n) is 7.97. The fourth-order valence-corrected chi connectivity index (χ4v) is 3.59. The third-order valence-corrected chi connectivity index (χ3v) is 5.40. The molecular weight excluding hydrogens is 510 g/mol. The third kappa shape index (κ3) is 6.31. The van der Waals surface area contributed by atoms with Gasteiger partial charge in [0.2, 0.25) is 0 Å². The van der Waals surface area contributed by atoms with E-state index >= 15 is 8.78 Å². The van der Waals surface area contributed by atoms with Gasteiger partial charge in [-0.25, -0.2) is 8.78 Å². The number of hydrogen-bond acceptors (Lipinski definition) is 8. The summed E-state index contributed by atoms with van der Waals surface area (Å²) in [4.78, 5) is 20.9. The highest BCUT2D eigenvalue weighted by atomic mass is 19.1. The van der Waals surface area contributed by atoms with Crippen LogP contribution in [0.5, 0.6) is 28.7 Å². The first-order chi connectivity index (χ1) is 18.9.